The predicted molar refractivity (Wildman–Crippen MR) is 139 cm³/mol. The first kappa shape index (κ1) is 25.8. The topological polar surface area (TPSA) is 76.4 Å². The molecule has 32 heavy (non-hydrogen) atoms. The second kappa shape index (κ2) is 14.6. The average Bonchev–Trinajstić information content (AvgIpc) is 3.26. The summed E-state index contributed by atoms with van der Waals surface area (Å²) in [6.45, 7) is 8.32. The number of ether oxygens (including phenoxy) is 1. The molecule has 0 saturated heterocycles. The molecule has 0 aliphatic carbocycles. The molecule has 0 radical (unpaired) electrons. The Labute approximate surface area is 207 Å². The number of nitrogens with one attached hydrogen (secondary N) is 2. The highest BCUT2D eigenvalue weighted by molar-refractivity contribution is 14.0. The quantitative estimate of drug-likeness (QED) is 0.216. The first-order chi connectivity index (χ1) is 15.3. The van der Waals surface area contributed by atoms with Crippen molar-refractivity contribution >= 4 is 29.9 Å². The van der Waals surface area contributed by atoms with Crippen LogP contribution in [0.5, 0.6) is 0 Å². The van der Waals surface area contributed by atoms with Crippen molar-refractivity contribution in [3.05, 3.63) is 83.4 Å². The van der Waals surface area contributed by atoms with E-state index in [0.29, 0.717) is 19.8 Å². The summed E-state index contributed by atoms with van der Waals surface area (Å²) in [5, 5.41) is 14.8. The predicted octanol–water partition coefficient (Wildman–Crippen LogP) is 3.93. The van der Waals surface area contributed by atoms with Crippen LogP contribution in [0.25, 0.3) is 0 Å². The van der Waals surface area contributed by atoms with Crippen LogP contribution >= 0.6 is 24.0 Å². The van der Waals surface area contributed by atoms with Gasteiger partial charge in [0.25, 0.3) is 0 Å². The molecule has 2 N–H and O–H groups in total. The van der Waals surface area contributed by atoms with E-state index in [2.05, 4.69) is 75.6 Å². The molecule has 8 heteroatoms. The van der Waals surface area contributed by atoms with Gasteiger partial charge in [-0.05, 0) is 23.6 Å². The monoisotopic (exact) mass is 548 g/mol. The number of aliphatic imine (C=N–C) groups is 1. The summed E-state index contributed by atoms with van der Waals surface area (Å²) in [6, 6.07) is 18.6. The Morgan fingerprint density at radius 3 is 2.50 bits per heavy atom. The van der Waals surface area contributed by atoms with Crippen LogP contribution in [0.4, 0.5) is 0 Å². The molecule has 0 bridgehead atoms. The number of nitrogens with zero attached hydrogens (tertiary/aromatic N) is 4. The molecule has 0 unspecified atom stereocenters. The van der Waals surface area contributed by atoms with Crippen molar-refractivity contribution in [2.75, 3.05) is 13.1 Å². The van der Waals surface area contributed by atoms with E-state index in [1.807, 2.05) is 18.2 Å². The molecule has 2 aromatic carbocycles. The molecule has 3 aromatic rings. The van der Waals surface area contributed by atoms with E-state index in [4.69, 9.17) is 9.73 Å². The Morgan fingerprint density at radius 1 is 0.969 bits per heavy atom. The normalized spacial score (nSPS) is 11.1. The number of aryl methyl sites for hydroxylation is 1. The molecular weight excluding hydrogens is 515 g/mol. The maximum absolute atomic E-state index is 5.86. The van der Waals surface area contributed by atoms with Crippen molar-refractivity contribution in [3.63, 3.8) is 0 Å². The lowest BCUT2D eigenvalue weighted by molar-refractivity contribution is 0.107. The van der Waals surface area contributed by atoms with Crippen LogP contribution < -0.4 is 10.6 Å². The second-order valence-electron chi connectivity index (χ2n) is 7.21. The van der Waals surface area contributed by atoms with Crippen LogP contribution in [0.1, 0.15) is 36.4 Å². The summed E-state index contributed by atoms with van der Waals surface area (Å²) >= 11 is 0. The van der Waals surface area contributed by atoms with Gasteiger partial charge in [-0.3, -0.25) is 0 Å². The molecule has 0 aliphatic rings. The minimum atomic E-state index is 0. The summed E-state index contributed by atoms with van der Waals surface area (Å²) in [7, 11) is 0. The molecule has 1 heterocycles. The Kier molecular flexibility index (Phi) is 11.7. The lowest BCUT2D eigenvalue weighted by Crippen LogP contribution is -2.38. The molecule has 0 spiro atoms. The van der Waals surface area contributed by atoms with Crippen molar-refractivity contribution in [3.8, 4) is 0 Å². The van der Waals surface area contributed by atoms with Crippen LogP contribution in [-0.2, 0) is 37.5 Å². The molecular formula is C24H33IN6O. The maximum Gasteiger partial charge on any atom is 0.191 e. The molecule has 0 fully saturated rings. The summed E-state index contributed by atoms with van der Waals surface area (Å²) in [6.07, 6.45) is 2.65. The number of rotatable bonds is 11. The van der Waals surface area contributed by atoms with Crippen molar-refractivity contribution in [1.82, 2.24) is 25.4 Å². The summed E-state index contributed by atoms with van der Waals surface area (Å²) < 4.78 is 7.92. The number of guanidine groups is 1. The lowest BCUT2D eigenvalue weighted by Gasteiger charge is -2.12. The van der Waals surface area contributed by atoms with E-state index in [1.165, 1.54) is 5.56 Å². The van der Waals surface area contributed by atoms with Crippen molar-refractivity contribution < 1.29 is 4.74 Å². The largest absolute Gasteiger partial charge is 0.372 e. The van der Waals surface area contributed by atoms with Gasteiger partial charge in [0.05, 0.1) is 19.8 Å². The Bertz CT molecular complexity index is 944. The molecule has 0 aliphatic heterocycles. The maximum atomic E-state index is 5.86. The van der Waals surface area contributed by atoms with E-state index in [-0.39, 0.29) is 24.0 Å². The lowest BCUT2D eigenvalue weighted by atomic mass is 10.1. The number of hydrogen-bond donors (Lipinski definition) is 2. The fourth-order valence-electron chi connectivity index (χ4n) is 3.23. The van der Waals surface area contributed by atoms with Crippen LogP contribution in [-0.4, -0.2) is 33.8 Å². The van der Waals surface area contributed by atoms with E-state index in [9.17, 15) is 0 Å². The van der Waals surface area contributed by atoms with E-state index in [1.54, 1.807) is 6.33 Å². The van der Waals surface area contributed by atoms with Gasteiger partial charge in [0, 0.05) is 26.1 Å². The summed E-state index contributed by atoms with van der Waals surface area (Å²) in [5.41, 5.74) is 3.49. The zero-order valence-corrected chi connectivity index (χ0v) is 21.2. The number of hydrogen-bond acceptors (Lipinski definition) is 4. The van der Waals surface area contributed by atoms with Crippen molar-refractivity contribution in [2.24, 2.45) is 4.99 Å². The molecule has 172 valence electrons. The number of halogens is 1. The van der Waals surface area contributed by atoms with Crippen LogP contribution in [0.3, 0.4) is 0 Å². The van der Waals surface area contributed by atoms with Gasteiger partial charge < -0.3 is 19.9 Å². The second-order valence-corrected chi connectivity index (χ2v) is 7.21. The molecule has 0 atom stereocenters. The number of benzene rings is 2. The minimum Gasteiger partial charge on any atom is -0.372 e. The van der Waals surface area contributed by atoms with Crippen molar-refractivity contribution in [2.45, 2.75) is 46.6 Å². The SMILES string of the molecule is CCNC(=NCc1cccc(COCc2ccccc2)c1)NCCn1cnnc1CC.I. The van der Waals surface area contributed by atoms with Crippen LogP contribution in [0, 0.1) is 0 Å². The van der Waals surface area contributed by atoms with Crippen LogP contribution in [0.2, 0.25) is 0 Å². The van der Waals surface area contributed by atoms with Gasteiger partial charge >= 0.3 is 0 Å². The molecule has 3 rings (SSSR count). The molecule has 0 saturated carbocycles. The highest BCUT2D eigenvalue weighted by atomic mass is 127. The van der Waals surface area contributed by atoms with Gasteiger partial charge in [-0.1, -0.05) is 61.5 Å². The third kappa shape index (κ3) is 8.58. The fourth-order valence-corrected chi connectivity index (χ4v) is 3.23. The minimum absolute atomic E-state index is 0. The van der Waals surface area contributed by atoms with Gasteiger partial charge in [-0.2, -0.15) is 0 Å². The van der Waals surface area contributed by atoms with Crippen molar-refractivity contribution in [1.29, 1.82) is 0 Å². The molecule has 1 aromatic heterocycles. The van der Waals surface area contributed by atoms with E-state index < -0.39 is 0 Å². The zero-order chi connectivity index (χ0) is 21.7. The fraction of sp³-hybridized carbons (Fsp3) is 0.375. The first-order valence-electron chi connectivity index (χ1n) is 10.9. The average molecular weight is 548 g/mol. The Balaban J connectivity index is 0.00000363. The first-order valence-corrected chi connectivity index (χ1v) is 10.9. The third-order valence-corrected chi connectivity index (χ3v) is 4.79. The zero-order valence-electron chi connectivity index (χ0n) is 18.8. The van der Waals surface area contributed by atoms with Gasteiger partial charge in [-0.25, -0.2) is 4.99 Å². The van der Waals surface area contributed by atoms with E-state index >= 15 is 0 Å². The van der Waals surface area contributed by atoms with Gasteiger partial charge in [-0.15, -0.1) is 34.2 Å². The standard InChI is InChI=1S/C24H32N6O.HI/c1-3-23-29-28-19-30(23)14-13-26-24(25-4-2)27-16-21-11-8-12-22(15-21)18-31-17-20-9-6-5-7-10-20;/h5-12,15,19H,3-4,13-14,16-18H2,1-2H3,(H2,25,26,27);1H. The molecule has 7 nitrogen and oxygen atoms in total. The Morgan fingerprint density at radius 2 is 1.72 bits per heavy atom. The Hall–Kier alpha value is -2.46. The van der Waals surface area contributed by atoms with Crippen LogP contribution in [0.15, 0.2) is 65.9 Å². The van der Waals surface area contributed by atoms with Gasteiger partial charge in [0.2, 0.25) is 0 Å². The molecule has 0 amide bonds. The highest BCUT2D eigenvalue weighted by Gasteiger charge is 2.03. The third-order valence-electron chi connectivity index (χ3n) is 4.79. The van der Waals surface area contributed by atoms with E-state index in [0.717, 1.165) is 49.0 Å². The summed E-state index contributed by atoms with van der Waals surface area (Å²) in [4.78, 5) is 4.73. The van der Waals surface area contributed by atoms with Gasteiger partial charge in [0.1, 0.15) is 12.2 Å². The van der Waals surface area contributed by atoms with Gasteiger partial charge in [0.15, 0.2) is 5.96 Å². The summed E-state index contributed by atoms with van der Waals surface area (Å²) in [5.74, 6) is 1.80. The number of aromatic nitrogens is 3. The smallest absolute Gasteiger partial charge is 0.191 e. The highest BCUT2D eigenvalue weighted by Crippen LogP contribution is 2.10.